The Morgan fingerprint density at radius 1 is 1.05 bits per heavy atom. The van der Waals surface area contributed by atoms with Crippen molar-refractivity contribution in [2.45, 2.75) is 38.1 Å². The van der Waals surface area contributed by atoms with E-state index in [1.165, 1.54) is 18.6 Å². The van der Waals surface area contributed by atoms with Crippen molar-refractivity contribution in [3.63, 3.8) is 0 Å². The molecule has 1 aromatic rings. The van der Waals surface area contributed by atoms with Crippen molar-refractivity contribution in [3.05, 3.63) is 29.8 Å². The van der Waals surface area contributed by atoms with E-state index in [1.807, 2.05) is 0 Å². The Labute approximate surface area is 122 Å². The van der Waals surface area contributed by atoms with Gasteiger partial charge in [-0.05, 0) is 25.0 Å². The molecule has 1 aliphatic carbocycles. The number of halogens is 2. The van der Waals surface area contributed by atoms with Crippen molar-refractivity contribution in [1.82, 2.24) is 10.6 Å². The zero-order valence-electron chi connectivity index (χ0n) is 11.6. The molecule has 21 heavy (non-hydrogen) atoms. The third-order valence-corrected chi connectivity index (χ3v) is 3.41. The lowest BCUT2D eigenvalue weighted by atomic mass is 9.96. The molecule has 0 saturated heterocycles. The second-order valence-electron chi connectivity index (χ2n) is 5.08. The van der Waals surface area contributed by atoms with Crippen LogP contribution in [0.4, 0.5) is 14.5 Å². The van der Waals surface area contributed by atoms with Gasteiger partial charge in [0.15, 0.2) is 23.6 Å². The number of benzene rings is 1. The van der Waals surface area contributed by atoms with Gasteiger partial charge in [-0.1, -0.05) is 25.3 Å². The van der Waals surface area contributed by atoms with E-state index in [4.69, 9.17) is 10.8 Å². The molecule has 0 atom stereocenters. The van der Waals surface area contributed by atoms with E-state index >= 15 is 0 Å². The van der Waals surface area contributed by atoms with Crippen LogP contribution in [0.3, 0.4) is 0 Å². The number of anilines is 1. The molecule has 0 bridgehead atoms. The maximum absolute atomic E-state index is 13.4. The highest BCUT2D eigenvalue weighted by Gasteiger charge is 2.15. The third kappa shape index (κ3) is 4.40. The van der Waals surface area contributed by atoms with E-state index in [0.29, 0.717) is 0 Å². The molecular formula is C14H19F2N5. The molecule has 0 aliphatic heterocycles. The van der Waals surface area contributed by atoms with Gasteiger partial charge in [0.25, 0.3) is 0 Å². The van der Waals surface area contributed by atoms with Crippen LogP contribution in [-0.2, 0) is 0 Å². The van der Waals surface area contributed by atoms with Crippen LogP contribution in [0.1, 0.15) is 32.1 Å². The number of rotatable bonds is 2. The van der Waals surface area contributed by atoms with E-state index in [-0.39, 0.29) is 23.6 Å². The number of guanidine groups is 2. The summed E-state index contributed by atoms with van der Waals surface area (Å²) in [5.41, 5.74) is -0.141. The molecule has 5 N–H and O–H groups in total. The fourth-order valence-electron chi connectivity index (χ4n) is 2.38. The summed E-state index contributed by atoms with van der Waals surface area (Å²) in [5, 5.41) is 23.3. The molecular weight excluding hydrogens is 276 g/mol. The smallest absolute Gasteiger partial charge is 0.199 e. The van der Waals surface area contributed by atoms with E-state index < -0.39 is 11.6 Å². The lowest BCUT2D eigenvalue weighted by Crippen LogP contribution is -2.47. The fraction of sp³-hybridized carbons (Fsp3) is 0.429. The van der Waals surface area contributed by atoms with Gasteiger partial charge in [-0.2, -0.15) is 0 Å². The monoisotopic (exact) mass is 295 g/mol. The Balaban J connectivity index is 1.83. The van der Waals surface area contributed by atoms with Crippen LogP contribution < -0.4 is 16.0 Å². The Kier molecular flexibility index (Phi) is 5.08. The van der Waals surface area contributed by atoms with Gasteiger partial charge in [0.05, 0.1) is 5.69 Å². The molecule has 5 nitrogen and oxygen atoms in total. The predicted octanol–water partition coefficient (Wildman–Crippen LogP) is 2.76. The van der Waals surface area contributed by atoms with Crippen LogP contribution in [0.2, 0.25) is 0 Å². The SMILES string of the molecule is N=C(NC(=N)NC1CCCCC1)Nc1cccc(F)c1F. The maximum atomic E-state index is 13.4. The summed E-state index contributed by atoms with van der Waals surface area (Å²) in [6, 6.07) is 3.91. The quantitative estimate of drug-likeness (QED) is 0.430. The van der Waals surface area contributed by atoms with Gasteiger partial charge in [-0.15, -0.1) is 0 Å². The normalized spacial score (nSPS) is 15.3. The fourth-order valence-corrected chi connectivity index (χ4v) is 2.38. The van der Waals surface area contributed by atoms with Gasteiger partial charge in [-0.25, -0.2) is 8.78 Å². The summed E-state index contributed by atoms with van der Waals surface area (Å²) in [6.45, 7) is 0. The van der Waals surface area contributed by atoms with Crippen LogP contribution in [-0.4, -0.2) is 18.0 Å². The summed E-state index contributed by atoms with van der Waals surface area (Å²) >= 11 is 0. The molecule has 1 aromatic carbocycles. The van der Waals surface area contributed by atoms with Gasteiger partial charge < -0.3 is 10.6 Å². The predicted molar refractivity (Wildman–Crippen MR) is 78.6 cm³/mol. The molecule has 2 rings (SSSR count). The molecule has 0 heterocycles. The van der Waals surface area contributed by atoms with Crippen LogP contribution in [0.25, 0.3) is 0 Å². The van der Waals surface area contributed by atoms with Gasteiger partial charge in [0.2, 0.25) is 0 Å². The van der Waals surface area contributed by atoms with Crippen LogP contribution in [0.5, 0.6) is 0 Å². The first kappa shape index (κ1) is 15.2. The van der Waals surface area contributed by atoms with Crippen molar-refractivity contribution < 1.29 is 8.78 Å². The van der Waals surface area contributed by atoms with Crippen LogP contribution in [0.15, 0.2) is 18.2 Å². The second kappa shape index (κ2) is 7.01. The maximum Gasteiger partial charge on any atom is 0.199 e. The van der Waals surface area contributed by atoms with Crippen molar-refractivity contribution in [3.8, 4) is 0 Å². The minimum absolute atomic E-state index is 0.0174. The van der Waals surface area contributed by atoms with Crippen LogP contribution in [0, 0.1) is 22.5 Å². The molecule has 1 saturated carbocycles. The molecule has 0 aromatic heterocycles. The zero-order chi connectivity index (χ0) is 15.2. The Morgan fingerprint density at radius 2 is 1.76 bits per heavy atom. The first-order valence-corrected chi connectivity index (χ1v) is 6.98. The highest BCUT2D eigenvalue weighted by atomic mass is 19.2. The van der Waals surface area contributed by atoms with Crippen molar-refractivity contribution in [2.75, 3.05) is 5.32 Å². The van der Waals surface area contributed by atoms with Crippen LogP contribution >= 0.6 is 0 Å². The highest BCUT2D eigenvalue weighted by Crippen LogP contribution is 2.17. The van der Waals surface area contributed by atoms with E-state index in [2.05, 4.69) is 16.0 Å². The largest absolute Gasteiger partial charge is 0.353 e. The first-order valence-electron chi connectivity index (χ1n) is 6.98. The van der Waals surface area contributed by atoms with Gasteiger partial charge in [-0.3, -0.25) is 16.1 Å². The number of hydrogen-bond acceptors (Lipinski definition) is 2. The lowest BCUT2D eigenvalue weighted by Gasteiger charge is -2.24. The average Bonchev–Trinajstić information content (AvgIpc) is 2.44. The Bertz CT molecular complexity index is 526. The minimum Gasteiger partial charge on any atom is -0.353 e. The minimum atomic E-state index is -1.05. The highest BCUT2D eigenvalue weighted by molar-refractivity contribution is 6.02. The summed E-state index contributed by atoms with van der Waals surface area (Å²) < 4.78 is 26.5. The molecule has 0 radical (unpaired) electrons. The topological polar surface area (TPSA) is 83.8 Å². The molecule has 1 aliphatic rings. The lowest BCUT2D eigenvalue weighted by molar-refractivity contribution is 0.411. The van der Waals surface area contributed by atoms with Gasteiger partial charge in [0, 0.05) is 6.04 Å². The third-order valence-electron chi connectivity index (χ3n) is 3.41. The molecule has 0 amide bonds. The van der Waals surface area contributed by atoms with E-state index in [9.17, 15) is 8.78 Å². The van der Waals surface area contributed by atoms with Crippen molar-refractivity contribution in [1.29, 1.82) is 10.8 Å². The zero-order valence-corrected chi connectivity index (χ0v) is 11.6. The van der Waals surface area contributed by atoms with Gasteiger partial charge >= 0.3 is 0 Å². The van der Waals surface area contributed by atoms with Crippen molar-refractivity contribution in [2.24, 2.45) is 0 Å². The molecule has 7 heteroatoms. The van der Waals surface area contributed by atoms with Gasteiger partial charge in [0.1, 0.15) is 0 Å². The van der Waals surface area contributed by atoms with Crippen molar-refractivity contribution >= 4 is 17.6 Å². The summed E-state index contributed by atoms with van der Waals surface area (Å²) in [6.07, 6.45) is 5.49. The summed E-state index contributed by atoms with van der Waals surface area (Å²) in [7, 11) is 0. The standard InChI is InChI=1S/C14H19F2N5/c15-10-7-4-8-11(12(10)16)20-14(18)21-13(17)19-9-5-2-1-3-6-9/h4,7-9H,1-3,5-6H2,(H5,17,18,19,20,21). The molecule has 1 fully saturated rings. The first-order chi connectivity index (χ1) is 10.1. The Morgan fingerprint density at radius 3 is 2.48 bits per heavy atom. The Hall–Kier alpha value is -2.18. The van der Waals surface area contributed by atoms with E-state index in [0.717, 1.165) is 31.7 Å². The number of nitrogens with one attached hydrogen (secondary N) is 5. The summed E-state index contributed by atoms with van der Waals surface area (Å²) in [5.74, 6) is -2.33. The van der Waals surface area contributed by atoms with E-state index in [1.54, 1.807) is 0 Å². The average molecular weight is 295 g/mol. The molecule has 0 spiro atoms. The molecule has 114 valence electrons. The second-order valence-corrected chi connectivity index (χ2v) is 5.08. The summed E-state index contributed by atoms with van der Waals surface area (Å²) in [4.78, 5) is 0. The number of hydrogen-bond donors (Lipinski definition) is 5. The molecule has 0 unspecified atom stereocenters.